The summed E-state index contributed by atoms with van der Waals surface area (Å²) in [6.07, 6.45) is 7.49. The van der Waals surface area contributed by atoms with Crippen LogP contribution in [0.4, 0.5) is 0 Å². The molecule has 1 heterocycles. The van der Waals surface area contributed by atoms with Crippen LogP contribution in [0.15, 0.2) is 12.3 Å². The van der Waals surface area contributed by atoms with Crippen LogP contribution in [0.2, 0.25) is 0 Å². The second-order valence-corrected chi connectivity index (χ2v) is 5.65. The van der Waals surface area contributed by atoms with Gasteiger partial charge < -0.3 is 10.4 Å². The minimum absolute atomic E-state index is 0.348. The molecule has 1 aliphatic carbocycles. The van der Waals surface area contributed by atoms with E-state index in [9.17, 15) is 5.11 Å². The first-order valence-electron chi connectivity index (χ1n) is 7.10. The topological polar surface area (TPSA) is 50.1 Å². The van der Waals surface area contributed by atoms with Gasteiger partial charge in [0.1, 0.15) is 0 Å². The Hall–Kier alpha value is -0.870. The molecule has 1 atom stereocenters. The lowest BCUT2D eigenvalue weighted by atomic mass is 10.2. The van der Waals surface area contributed by atoms with E-state index in [-0.39, 0.29) is 6.10 Å². The fraction of sp³-hybridized carbons (Fsp3) is 0.786. The molecule has 1 aliphatic rings. The number of aliphatic hydroxyl groups excluding tert-OH is 1. The number of nitrogens with zero attached hydrogens (tertiary/aromatic N) is 2. The molecule has 4 nitrogen and oxygen atoms in total. The van der Waals surface area contributed by atoms with Gasteiger partial charge in [-0.3, -0.25) is 4.68 Å². The summed E-state index contributed by atoms with van der Waals surface area (Å²) >= 11 is 0. The zero-order valence-corrected chi connectivity index (χ0v) is 11.5. The molecule has 0 aliphatic heterocycles. The first-order valence-corrected chi connectivity index (χ1v) is 7.10. The molecule has 0 aromatic carbocycles. The van der Waals surface area contributed by atoms with Crippen LogP contribution in [0.1, 0.15) is 51.3 Å². The van der Waals surface area contributed by atoms with Gasteiger partial charge in [-0.05, 0) is 18.9 Å². The molecule has 0 amide bonds. The Labute approximate surface area is 109 Å². The molecule has 18 heavy (non-hydrogen) atoms. The standard InChI is InChI=1S/C14H25N3O/c1-11(2)15-10-14(18)9-12-7-8-17(16-12)13-5-3-4-6-13/h7-8,11,13-15,18H,3-6,9-10H2,1-2H3. The predicted molar refractivity (Wildman–Crippen MR) is 72.6 cm³/mol. The number of aromatic nitrogens is 2. The fourth-order valence-electron chi connectivity index (χ4n) is 2.54. The third-order valence-corrected chi connectivity index (χ3v) is 3.57. The van der Waals surface area contributed by atoms with Crippen molar-refractivity contribution in [3.63, 3.8) is 0 Å². The van der Waals surface area contributed by atoms with E-state index in [1.54, 1.807) is 0 Å². The molecule has 0 spiro atoms. The minimum atomic E-state index is -0.348. The van der Waals surface area contributed by atoms with Gasteiger partial charge >= 0.3 is 0 Å². The molecule has 2 N–H and O–H groups in total. The summed E-state index contributed by atoms with van der Waals surface area (Å²) < 4.78 is 2.09. The fourth-order valence-corrected chi connectivity index (χ4v) is 2.54. The Kier molecular flexibility index (Phi) is 4.78. The molecule has 4 heteroatoms. The van der Waals surface area contributed by atoms with Gasteiger partial charge in [-0.2, -0.15) is 5.10 Å². The molecule has 1 fully saturated rings. The van der Waals surface area contributed by atoms with Crippen LogP contribution in [0.5, 0.6) is 0 Å². The highest BCUT2D eigenvalue weighted by atomic mass is 16.3. The third-order valence-electron chi connectivity index (χ3n) is 3.57. The molecule has 0 bridgehead atoms. The van der Waals surface area contributed by atoms with Crippen molar-refractivity contribution in [2.75, 3.05) is 6.54 Å². The van der Waals surface area contributed by atoms with E-state index in [2.05, 4.69) is 35.1 Å². The zero-order valence-electron chi connectivity index (χ0n) is 11.5. The van der Waals surface area contributed by atoms with Crippen LogP contribution in [0.3, 0.4) is 0 Å². The molecule has 1 aromatic heterocycles. The number of rotatable bonds is 6. The largest absolute Gasteiger partial charge is 0.391 e. The monoisotopic (exact) mass is 251 g/mol. The Bertz CT molecular complexity index is 356. The molecule has 1 saturated carbocycles. The Morgan fingerprint density at radius 1 is 1.44 bits per heavy atom. The average molecular weight is 251 g/mol. The van der Waals surface area contributed by atoms with Crippen LogP contribution in [-0.4, -0.2) is 33.6 Å². The van der Waals surface area contributed by atoms with Gasteiger partial charge in [0.05, 0.1) is 17.8 Å². The van der Waals surface area contributed by atoms with Gasteiger partial charge in [0.25, 0.3) is 0 Å². The van der Waals surface area contributed by atoms with Crippen LogP contribution >= 0.6 is 0 Å². The van der Waals surface area contributed by atoms with Crippen molar-refractivity contribution < 1.29 is 5.11 Å². The summed E-state index contributed by atoms with van der Waals surface area (Å²) in [5, 5.41) is 17.7. The third kappa shape index (κ3) is 3.82. The minimum Gasteiger partial charge on any atom is -0.391 e. The molecule has 0 radical (unpaired) electrons. The molecule has 102 valence electrons. The van der Waals surface area contributed by atoms with Crippen molar-refractivity contribution >= 4 is 0 Å². The Balaban J connectivity index is 1.82. The Morgan fingerprint density at radius 3 is 2.83 bits per heavy atom. The highest BCUT2D eigenvalue weighted by Crippen LogP contribution is 2.28. The SMILES string of the molecule is CC(C)NCC(O)Cc1ccn(C2CCCC2)n1. The molecular weight excluding hydrogens is 226 g/mol. The normalized spacial score (nSPS) is 18.7. The second-order valence-electron chi connectivity index (χ2n) is 5.65. The highest BCUT2D eigenvalue weighted by Gasteiger charge is 2.18. The summed E-state index contributed by atoms with van der Waals surface area (Å²) in [6.45, 7) is 4.80. The van der Waals surface area contributed by atoms with E-state index >= 15 is 0 Å². The van der Waals surface area contributed by atoms with Crippen molar-refractivity contribution in [3.05, 3.63) is 18.0 Å². The maximum Gasteiger partial charge on any atom is 0.0720 e. The lowest BCUT2D eigenvalue weighted by Gasteiger charge is -2.13. The van der Waals surface area contributed by atoms with Crippen LogP contribution < -0.4 is 5.32 Å². The lowest BCUT2D eigenvalue weighted by molar-refractivity contribution is 0.167. The van der Waals surface area contributed by atoms with E-state index in [0.717, 1.165) is 5.69 Å². The predicted octanol–water partition coefficient (Wildman–Crippen LogP) is 1.90. The maximum absolute atomic E-state index is 9.91. The number of hydrogen-bond acceptors (Lipinski definition) is 3. The summed E-state index contributed by atoms with van der Waals surface area (Å²) in [5.74, 6) is 0. The number of hydrogen-bond donors (Lipinski definition) is 2. The van der Waals surface area contributed by atoms with E-state index in [1.165, 1.54) is 25.7 Å². The van der Waals surface area contributed by atoms with Crippen LogP contribution in [0, 0.1) is 0 Å². The quantitative estimate of drug-likeness (QED) is 0.812. The molecule has 1 unspecified atom stereocenters. The van der Waals surface area contributed by atoms with Crippen molar-refractivity contribution in [3.8, 4) is 0 Å². The smallest absolute Gasteiger partial charge is 0.0720 e. The van der Waals surface area contributed by atoms with Crippen LogP contribution in [-0.2, 0) is 6.42 Å². The van der Waals surface area contributed by atoms with Crippen molar-refractivity contribution in [2.45, 2.75) is 64.1 Å². The van der Waals surface area contributed by atoms with Gasteiger partial charge in [-0.1, -0.05) is 26.7 Å². The molecule has 0 saturated heterocycles. The van der Waals surface area contributed by atoms with Crippen molar-refractivity contribution in [1.82, 2.24) is 15.1 Å². The highest BCUT2D eigenvalue weighted by molar-refractivity contribution is 5.02. The zero-order chi connectivity index (χ0) is 13.0. The van der Waals surface area contributed by atoms with Crippen molar-refractivity contribution in [1.29, 1.82) is 0 Å². The number of nitrogens with one attached hydrogen (secondary N) is 1. The first kappa shape index (κ1) is 13.6. The Morgan fingerprint density at radius 2 is 2.17 bits per heavy atom. The lowest BCUT2D eigenvalue weighted by Crippen LogP contribution is -2.33. The van der Waals surface area contributed by atoms with E-state index in [1.807, 2.05) is 6.07 Å². The molecular formula is C14H25N3O. The molecule has 1 aromatic rings. The van der Waals surface area contributed by atoms with Gasteiger partial charge in [0.15, 0.2) is 0 Å². The van der Waals surface area contributed by atoms with Crippen LogP contribution in [0.25, 0.3) is 0 Å². The summed E-state index contributed by atoms with van der Waals surface area (Å²) in [4.78, 5) is 0. The summed E-state index contributed by atoms with van der Waals surface area (Å²) in [5.41, 5.74) is 1.000. The summed E-state index contributed by atoms with van der Waals surface area (Å²) in [6, 6.07) is 3.04. The maximum atomic E-state index is 9.91. The van der Waals surface area contributed by atoms with E-state index < -0.39 is 0 Å². The number of aliphatic hydroxyl groups is 1. The van der Waals surface area contributed by atoms with Gasteiger partial charge in [0, 0.05) is 25.2 Å². The van der Waals surface area contributed by atoms with E-state index in [0.29, 0.717) is 25.0 Å². The van der Waals surface area contributed by atoms with Gasteiger partial charge in [-0.25, -0.2) is 0 Å². The first-order chi connectivity index (χ1) is 8.65. The second kappa shape index (κ2) is 6.34. The van der Waals surface area contributed by atoms with Gasteiger partial charge in [0.2, 0.25) is 0 Å². The van der Waals surface area contributed by atoms with Crippen molar-refractivity contribution in [2.24, 2.45) is 0 Å². The summed E-state index contributed by atoms with van der Waals surface area (Å²) in [7, 11) is 0. The van der Waals surface area contributed by atoms with Gasteiger partial charge in [-0.15, -0.1) is 0 Å². The average Bonchev–Trinajstić information content (AvgIpc) is 2.95. The van der Waals surface area contributed by atoms with E-state index in [4.69, 9.17) is 0 Å². The molecule has 2 rings (SSSR count).